The van der Waals surface area contributed by atoms with Gasteiger partial charge >= 0.3 is 0 Å². The summed E-state index contributed by atoms with van der Waals surface area (Å²) in [6.45, 7) is 3.22. The molecule has 0 amide bonds. The molecule has 0 unspecified atom stereocenters. The standard InChI is InChI=1S/C16H18ClNO3/c1-11-14(16(18-10-19)5-2-3-6-16)12(17)9-13-15(11)21-8-4-7-20-13/h9H,2-8H2,1H3. The summed E-state index contributed by atoms with van der Waals surface area (Å²) in [6, 6.07) is 1.80. The number of fused-ring (bicyclic) bond motifs is 1. The lowest BCUT2D eigenvalue weighted by molar-refractivity contribution is 0.296. The van der Waals surface area contributed by atoms with Crippen LogP contribution in [0.25, 0.3) is 0 Å². The summed E-state index contributed by atoms with van der Waals surface area (Å²) in [5.41, 5.74) is 1.28. The highest BCUT2D eigenvalue weighted by molar-refractivity contribution is 6.31. The third-order valence-corrected chi connectivity index (χ3v) is 4.68. The highest BCUT2D eigenvalue weighted by Gasteiger charge is 2.40. The third kappa shape index (κ3) is 2.43. The van der Waals surface area contributed by atoms with Crippen molar-refractivity contribution in [3.63, 3.8) is 0 Å². The maximum atomic E-state index is 10.9. The topological polar surface area (TPSA) is 47.9 Å². The molecule has 3 rings (SSSR count). The fourth-order valence-electron chi connectivity index (χ4n) is 3.47. The van der Waals surface area contributed by atoms with E-state index >= 15 is 0 Å². The van der Waals surface area contributed by atoms with E-state index < -0.39 is 5.54 Å². The second-order valence-corrected chi connectivity index (χ2v) is 6.09. The Morgan fingerprint density at radius 2 is 1.95 bits per heavy atom. The molecule has 0 saturated heterocycles. The Morgan fingerprint density at radius 3 is 2.67 bits per heavy atom. The lowest BCUT2D eigenvalue weighted by Crippen LogP contribution is -2.21. The second-order valence-electron chi connectivity index (χ2n) is 5.68. The SMILES string of the molecule is Cc1c2c(cc(Cl)c1C1(N=C=O)CCCC1)OCCCO2. The van der Waals surface area contributed by atoms with Crippen molar-refractivity contribution in [2.24, 2.45) is 4.99 Å². The zero-order valence-electron chi connectivity index (χ0n) is 12.1. The Labute approximate surface area is 129 Å². The number of hydrogen-bond acceptors (Lipinski definition) is 4. The summed E-state index contributed by atoms with van der Waals surface area (Å²) in [5, 5.41) is 0.595. The number of isocyanates is 1. The van der Waals surface area contributed by atoms with Gasteiger partial charge < -0.3 is 9.47 Å². The summed E-state index contributed by atoms with van der Waals surface area (Å²) in [7, 11) is 0. The molecule has 0 N–H and O–H groups in total. The molecule has 112 valence electrons. The minimum absolute atomic E-state index is 0.548. The zero-order valence-corrected chi connectivity index (χ0v) is 12.8. The molecule has 0 atom stereocenters. The summed E-state index contributed by atoms with van der Waals surface area (Å²) in [6.07, 6.45) is 6.30. The molecule has 4 nitrogen and oxygen atoms in total. The summed E-state index contributed by atoms with van der Waals surface area (Å²) >= 11 is 6.50. The van der Waals surface area contributed by atoms with E-state index in [0.717, 1.165) is 49.0 Å². The van der Waals surface area contributed by atoms with Crippen molar-refractivity contribution in [2.75, 3.05) is 13.2 Å². The average Bonchev–Trinajstić information content (AvgIpc) is 2.78. The maximum Gasteiger partial charge on any atom is 0.235 e. The van der Waals surface area contributed by atoms with Gasteiger partial charge in [0, 0.05) is 23.6 Å². The molecule has 1 aromatic carbocycles. The van der Waals surface area contributed by atoms with Crippen LogP contribution in [0.1, 0.15) is 43.2 Å². The van der Waals surface area contributed by atoms with Gasteiger partial charge in [-0.2, -0.15) is 4.99 Å². The fourth-order valence-corrected chi connectivity index (χ4v) is 3.89. The Balaban J connectivity index is 2.18. The lowest BCUT2D eigenvalue weighted by atomic mass is 9.85. The highest BCUT2D eigenvalue weighted by atomic mass is 35.5. The fraction of sp³-hybridized carbons (Fsp3) is 0.562. The van der Waals surface area contributed by atoms with Crippen LogP contribution in [-0.2, 0) is 10.3 Å². The van der Waals surface area contributed by atoms with Gasteiger partial charge in [-0.3, -0.25) is 0 Å². The van der Waals surface area contributed by atoms with Crippen LogP contribution < -0.4 is 9.47 Å². The van der Waals surface area contributed by atoms with Crippen LogP contribution in [0, 0.1) is 6.92 Å². The van der Waals surface area contributed by atoms with Crippen LogP contribution in [-0.4, -0.2) is 19.3 Å². The van der Waals surface area contributed by atoms with Crippen molar-refractivity contribution < 1.29 is 14.3 Å². The number of hydrogen-bond donors (Lipinski definition) is 0. The second kappa shape index (κ2) is 5.70. The smallest absolute Gasteiger partial charge is 0.235 e. The third-order valence-electron chi connectivity index (χ3n) is 4.38. The maximum absolute atomic E-state index is 10.9. The molecular weight excluding hydrogens is 290 g/mol. The Kier molecular flexibility index (Phi) is 3.92. The van der Waals surface area contributed by atoms with Crippen molar-refractivity contribution >= 4 is 17.7 Å². The Bertz CT molecular complexity index is 602. The molecule has 1 aliphatic heterocycles. The number of ether oxygens (including phenoxy) is 2. The van der Waals surface area contributed by atoms with E-state index in [9.17, 15) is 4.79 Å². The van der Waals surface area contributed by atoms with E-state index in [0.29, 0.717) is 24.0 Å². The molecule has 1 aromatic rings. The highest BCUT2D eigenvalue weighted by Crippen LogP contribution is 2.50. The number of nitrogens with zero attached hydrogens (tertiary/aromatic N) is 1. The van der Waals surface area contributed by atoms with Gasteiger partial charge in [0.05, 0.1) is 18.2 Å². The van der Waals surface area contributed by atoms with Crippen LogP contribution in [0.15, 0.2) is 11.1 Å². The van der Waals surface area contributed by atoms with Gasteiger partial charge in [0.15, 0.2) is 11.5 Å². The molecule has 1 heterocycles. The summed E-state index contributed by atoms with van der Waals surface area (Å²) < 4.78 is 11.5. The largest absolute Gasteiger partial charge is 0.489 e. The van der Waals surface area contributed by atoms with Crippen molar-refractivity contribution in [2.45, 2.75) is 44.6 Å². The average molecular weight is 308 g/mol. The van der Waals surface area contributed by atoms with Gasteiger partial charge in [0.1, 0.15) is 5.54 Å². The van der Waals surface area contributed by atoms with Crippen molar-refractivity contribution in [1.29, 1.82) is 0 Å². The predicted octanol–water partition coefficient (Wildman–Crippen LogP) is 3.91. The molecule has 5 heteroatoms. The molecule has 0 aromatic heterocycles. The van der Waals surface area contributed by atoms with E-state index in [1.807, 2.05) is 6.92 Å². The van der Waals surface area contributed by atoms with Gasteiger partial charge in [-0.15, -0.1) is 0 Å². The van der Waals surface area contributed by atoms with E-state index in [2.05, 4.69) is 4.99 Å². The molecular formula is C16H18ClNO3. The number of benzene rings is 1. The van der Waals surface area contributed by atoms with E-state index in [-0.39, 0.29) is 0 Å². The first kappa shape index (κ1) is 14.4. The summed E-state index contributed by atoms with van der Waals surface area (Å²) in [4.78, 5) is 15.0. The van der Waals surface area contributed by atoms with E-state index in [1.165, 1.54) is 0 Å². The molecule has 21 heavy (non-hydrogen) atoms. The lowest BCUT2D eigenvalue weighted by Gasteiger charge is -2.27. The van der Waals surface area contributed by atoms with Gasteiger partial charge in [-0.1, -0.05) is 24.4 Å². The molecule has 1 aliphatic carbocycles. The molecule has 1 fully saturated rings. The minimum atomic E-state index is -0.548. The van der Waals surface area contributed by atoms with Crippen molar-refractivity contribution in [3.05, 3.63) is 22.2 Å². The first-order chi connectivity index (χ1) is 10.2. The van der Waals surface area contributed by atoms with Gasteiger partial charge in [-0.25, -0.2) is 4.79 Å². The monoisotopic (exact) mass is 307 g/mol. The minimum Gasteiger partial charge on any atom is -0.489 e. The number of halogens is 1. The summed E-state index contributed by atoms with van der Waals surface area (Å²) in [5.74, 6) is 1.42. The normalized spacial score (nSPS) is 19.7. The Hall–Kier alpha value is -1.51. The molecule has 2 aliphatic rings. The van der Waals surface area contributed by atoms with Crippen LogP contribution in [0.3, 0.4) is 0 Å². The first-order valence-corrected chi connectivity index (χ1v) is 7.74. The first-order valence-electron chi connectivity index (χ1n) is 7.36. The van der Waals surface area contributed by atoms with Crippen LogP contribution in [0.2, 0.25) is 5.02 Å². The van der Waals surface area contributed by atoms with Gasteiger partial charge in [0.2, 0.25) is 6.08 Å². The zero-order chi connectivity index (χ0) is 14.9. The molecule has 1 saturated carbocycles. The van der Waals surface area contributed by atoms with E-state index in [4.69, 9.17) is 21.1 Å². The number of carbonyl (C=O) groups excluding carboxylic acids is 1. The quantitative estimate of drug-likeness (QED) is 0.614. The molecule has 0 bridgehead atoms. The molecule has 0 spiro atoms. The van der Waals surface area contributed by atoms with E-state index in [1.54, 1.807) is 12.1 Å². The van der Waals surface area contributed by atoms with Gasteiger partial charge in [-0.05, 0) is 19.8 Å². The number of aliphatic imine (C=N–C) groups is 1. The van der Waals surface area contributed by atoms with Gasteiger partial charge in [0.25, 0.3) is 0 Å². The predicted molar refractivity (Wildman–Crippen MR) is 80.1 cm³/mol. The van der Waals surface area contributed by atoms with Crippen LogP contribution in [0.5, 0.6) is 11.5 Å². The molecule has 0 radical (unpaired) electrons. The van der Waals surface area contributed by atoms with Crippen LogP contribution in [0.4, 0.5) is 0 Å². The van der Waals surface area contributed by atoms with Crippen LogP contribution >= 0.6 is 11.6 Å². The Morgan fingerprint density at radius 1 is 1.24 bits per heavy atom. The number of rotatable bonds is 2. The van der Waals surface area contributed by atoms with Crippen molar-refractivity contribution in [3.8, 4) is 11.5 Å². The van der Waals surface area contributed by atoms with Crippen molar-refractivity contribution in [1.82, 2.24) is 0 Å².